The van der Waals surface area contributed by atoms with Gasteiger partial charge in [0, 0.05) is 18.8 Å². The first kappa shape index (κ1) is 16.3. The van der Waals surface area contributed by atoms with E-state index < -0.39 is 18.3 Å². The van der Waals surface area contributed by atoms with Crippen molar-refractivity contribution in [3.05, 3.63) is 24.3 Å². The summed E-state index contributed by atoms with van der Waals surface area (Å²) in [4.78, 5) is 2.35. The molecule has 2 rings (SSSR count). The van der Waals surface area contributed by atoms with Gasteiger partial charge < -0.3 is 19.7 Å². The Morgan fingerprint density at radius 3 is 2.05 bits per heavy atom. The summed E-state index contributed by atoms with van der Waals surface area (Å²) in [6.07, 6.45) is 2.49. The minimum Gasteiger partial charge on any atom is -0.423 e. The van der Waals surface area contributed by atoms with Crippen LogP contribution in [0.5, 0.6) is 0 Å². The van der Waals surface area contributed by atoms with Crippen molar-refractivity contribution in [3.8, 4) is 0 Å². The molecule has 0 bridgehead atoms. The van der Waals surface area contributed by atoms with Gasteiger partial charge in [-0.25, -0.2) is 0 Å². The summed E-state index contributed by atoms with van der Waals surface area (Å²) in [6, 6.07) is 7.81. The van der Waals surface area contributed by atoms with Crippen LogP contribution in [-0.4, -0.2) is 41.5 Å². The van der Waals surface area contributed by atoms with Crippen LogP contribution >= 0.6 is 0 Å². The first-order chi connectivity index (χ1) is 9.71. The van der Waals surface area contributed by atoms with Crippen LogP contribution < -0.4 is 10.4 Å². The fraction of sp³-hybridized carbons (Fsp3) is 0.625. The predicted octanol–water partition coefficient (Wildman–Crippen LogP) is 1.54. The quantitative estimate of drug-likeness (QED) is 0.808. The summed E-state index contributed by atoms with van der Waals surface area (Å²) in [5.74, 6) is 0. The lowest BCUT2D eigenvalue weighted by atomic mass is 9.76. The first-order valence-corrected chi connectivity index (χ1v) is 7.64. The second kappa shape index (κ2) is 5.99. The third-order valence-electron chi connectivity index (χ3n) is 4.53. The van der Waals surface area contributed by atoms with E-state index in [-0.39, 0.29) is 0 Å². The Kier molecular flexibility index (Phi) is 4.66. The second-order valence-corrected chi connectivity index (χ2v) is 6.83. The van der Waals surface area contributed by atoms with E-state index in [2.05, 4.69) is 4.90 Å². The van der Waals surface area contributed by atoms with Crippen LogP contribution in [0.3, 0.4) is 0 Å². The number of rotatable bonds is 5. The lowest BCUT2D eigenvalue weighted by Crippen LogP contribution is -2.53. The van der Waals surface area contributed by atoms with Crippen LogP contribution in [0.2, 0.25) is 0 Å². The maximum atomic E-state index is 10.2. The Bertz CT molecular complexity index is 461. The van der Waals surface area contributed by atoms with Crippen molar-refractivity contribution < 1.29 is 14.8 Å². The van der Waals surface area contributed by atoms with E-state index in [9.17, 15) is 10.1 Å². The molecule has 0 aromatic heterocycles. The van der Waals surface area contributed by atoms with E-state index in [1.54, 1.807) is 27.7 Å². The molecule has 0 saturated carbocycles. The molecule has 0 unspecified atom stereocenters. The van der Waals surface area contributed by atoms with E-state index in [1.165, 1.54) is 18.5 Å². The molecule has 1 fully saturated rings. The fourth-order valence-corrected chi connectivity index (χ4v) is 2.32. The molecule has 0 amide bonds. The molecule has 2 N–H and O–H groups in total. The SMILES string of the molecule is CC(C)(O)C(C)(C)OB(O)c1ccc(N2CCCC2)cc1. The maximum Gasteiger partial charge on any atom is 0.491 e. The zero-order chi connectivity index (χ0) is 15.7. The lowest BCUT2D eigenvalue weighted by Gasteiger charge is -2.38. The highest BCUT2D eigenvalue weighted by molar-refractivity contribution is 6.60. The van der Waals surface area contributed by atoms with Crippen LogP contribution in [0.4, 0.5) is 5.69 Å². The van der Waals surface area contributed by atoms with Gasteiger partial charge in [-0.1, -0.05) is 12.1 Å². The molecule has 1 aromatic carbocycles. The predicted molar refractivity (Wildman–Crippen MR) is 87.0 cm³/mol. The number of anilines is 1. The summed E-state index contributed by atoms with van der Waals surface area (Å²) in [5.41, 5.74) is 0.00392. The van der Waals surface area contributed by atoms with Crippen molar-refractivity contribution >= 4 is 18.3 Å². The second-order valence-electron chi connectivity index (χ2n) is 6.83. The van der Waals surface area contributed by atoms with Gasteiger partial charge in [0.1, 0.15) is 0 Å². The molecule has 21 heavy (non-hydrogen) atoms. The van der Waals surface area contributed by atoms with Gasteiger partial charge >= 0.3 is 7.12 Å². The van der Waals surface area contributed by atoms with Gasteiger partial charge in [-0.3, -0.25) is 0 Å². The highest BCUT2D eigenvalue weighted by Crippen LogP contribution is 2.25. The van der Waals surface area contributed by atoms with Gasteiger partial charge in [-0.2, -0.15) is 0 Å². The van der Waals surface area contributed by atoms with Gasteiger partial charge in [-0.15, -0.1) is 0 Å². The molecule has 4 nitrogen and oxygen atoms in total. The largest absolute Gasteiger partial charge is 0.491 e. The molecule has 1 aliphatic heterocycles. The van der Waals surface area contributed by atoms with E-state index in [1.807, 2.05) is 24.3 Å². The third-order valence-corrected chi connectivity index (χ3v) is 4.53. The van der Waals surface area contributed by atoms with E-state index in [0.29, 0.717) is 5.46 Å². The van der Waals surface area contributed by atoms with Crippen LogP contribution in [-0.2, 0) is 4.65 Å². The molecule has 5 heteroatoms. The van der Waals surface area contributed by atoms with Crippen molar-refractivity contribution in [1.29, 1.82) is 0 Å². The zero-order valence-corrected chi connectivity index (χ0v) is 13.5. The smallest absolute Gasteiger partial charge is 0.423 e. The van der Waals surface area contributed by atoms with Gasteiger partial charge in [0.2, 0.25) is 0 Å². The van der Waals surface area contributed by atoms with Gasteiger partial charge in [0.05, 0.1) is 11.2 Å². The van der Waals surface area contributed by atoms with Crippen molar-refractivity contribution in [1.82, 2.24) is 0 Å². The minimum absolute atomic E-state index is 0.704. The molecule has 1 aromatic rings. The third kappa shape index (κ3) is 3.79. The zero-order valence-electron chi connectivity index (χ0n) is 13.5. The van der Waals surface area contributed by atoms with Crippen LogP contribution in [0.1, 0.15) is 40.5 Å². The highest BCUT2D eigenvalue weighted by Gasteiger charge is 2.39. The van der Waals surface area contributed by atoms with Gasteiger partial charge in [0.15, 0.2) is 0 Å². The Labute approximate surface area is 127 Å². The Morgan fingerprint density at radius 2 is 1.57 bits per heavy atom. The molecule has 1 saturated heterocycles. The maximum absolute atomic E-state index is 10.2. The van der Waals surface area contributed by atoms with Crippen LogP contribution in [0.15, 0.2) is 24.3 Å². The van der Waals surface area contributed by atoms with Crippen molar-refractivity contribution in [2.45, 2.75) is 51.7 Å². The molecule has 0 atom stereocenters. The van der Waals surface area contributed by atoms with Gasteiger partial charge in [0.25, 0.3) is 0 Å². The monoisotopic (exact) mass is 291 g/mol. The first-order valence-electron chi connectivity index (χ1n) is 7.64. The number of nitrogens with zero attached hydrogens (tertiary/aromatic N) is 1. The summed E-state index contributed by atoms with van der Waals surface area (Å²) < 4.78 is 5.65. The molecule has 1 aliphatic rings. The minimum atomic E-state index is -1.04. The summed E-state index contributed by atoms with van der Waals surface area (Å²) in [6.45, 7) is 9.10. The number of aliphatic hydroxyl groups is 1. The number of benzene rings is 1. The molecule has 0 radical (unpaired) electrons. The average molecular weight is 291 g/mol. The molecule has 116 valence electrons. The highest BCUT2D eigenvalue weighted by atomic mass is 16.5. The molecular formula is C16H26BNO3. The summed E-state index contributed by atoms with van der Waals surface area (Å²) in [7, 11) is -1.04. The van der Waals surface area contributed by atoms with Crippen LogP contribution in [0.25, 0.3) is 0 Å². The topological polar surface area (TPSA) is 52.9 Å². The van der Waals surface area contributed by atoms with Crippen LogP contribution in [0, 0.1) is 0 Å². The summed E-state index contributed by atoms with van der Waals surface area (Å²) >= 11 is 0. The normalized spacial score (nSPS) is 16.4. The molecule has 1 heterocycles. The van der Waals surface area contributed by atoms with Crippen molar-refractivity contribution in [2.24, 2.45) is 0 Å². The van der Waals surface area contributed by atoms with Gasteiger partial charge in [-0.05, 0) is 58.1 Å². The van der Waals surface area contributed by atoms with E-state index in [4.69, 9.17) is 4.65 Å². The van der Waals surface area contributed by atoms with Crippen molar-refractivity contribution in [2.75, 3.05) is 18.0 Å². The number of hydrogen-bond donors (Lipinski definition) is 2. The Morgan fingerprint density at radius 1 is 1.05 bits per heavy atom. The Hall–Kier alpha value is -1.04. The average Bonchev–Trinajstić information content (AvgIpc) is 2.91. The lowest BCUT2D eigenvalue weighted by molar-refractivity contribution is -0.0982. The molecule has 0 spiro atoms. The van der Waals surface area contributed by atoms with Crippen molar-refractivity contribution in [3.63, 3.8) is 0 Å². The number of hydrogen-bond acceptors (Lipinski definition) is 4. The standard InChI is InChI=1S/C16H26BNO3/c1-15(2,19)16(3,4)21-17(20)13-7-9-14(10-8-13)18-11-5-6-12-18/h7-10,19-20H,5-6,11-12H2,1-4H3. The fourth-order valence-electron chi connectivity index (χ4n) is 2.32. The van der Waals surface area contributed by atoms with E-state index >= 15 is 0 Å². The van der Waals surface area contributed by atoms with E-state index in [0.717, 1.165) is 13.1 Å². The molecule has 0 aliphatic carbocycles. The summed E-state index contributed by atoms with van der Waals surface area (Å²) in [5, 5.41) is 20.3. The Balaban J connectivity index is 2.04. The molecular weight excluding hydrogens is 265 g/mol.